The molecule has 0 bridgehead atoms. The zero-order chi connectivity index (χ0) is 15.0. The summed E-state index contributed by atoms with van der Waals surface area (Å²) >= 11 is 5.32. The molecule has 1 saturated heterocycles. The Morgan fingerprint density at radius 2 is 2.00 bits per heavy atom. The van der Waals surface area contributed by atoms with Gasteiger partial charge in [0.2, 0.25) is 0 Å². The van der Waals surface area contributed by atoms with E-state index in [4.69, 9.17) is 12.2 Å². The predicted molar refractivity (Wildman–Crippen MR) is 82.0 cm³/mol. The standard InChI is InChI=1S/C15H19F2N3S/c1-2-7-19-8-5-10(6-9-19)20-14-12(18-15(20)21)4-3-11(16)13(14)17/h3-4,10H,2,5-9H2,1H3,(H,18,21). The van der Waals surface area contributed by atoms with E-state index in [2.05, 4.69) is 16.8 Å². The lowest BCUT2D eigenvalue weighted by Crippen LogP contribution is -2.35. The molecule has 3 nitrogen and oxygen atoms in total. The van der Waals surface area contributed by atoms with Crippen LogP contribution in [0.15, 0.2) is 12.1 Å². The predicted octanol–water partition coefficient (Wildman–Crippen LogP) is 4.02. The number of imidazole rings is 1. The van der Waals surface area contributed by atoms with Crippen LogP contribution in [0.2, 0.25) is 0 Å². The zero-order valence-electron chi connectivity index (χ0n) is 12.0. The third-order valence-corrected chi connectivity index (χ3v) is 4.53. The Bertz CT molecular complexity index is 699. The van der Waals surface area contributed by atoms with Gasteiger partial charge < -0.3 is 14.5 Å². The minimum absolute atomic E-state index is 0.135. The number of benzene rings is 1. The first-order valence-corrected chi connectivity index (χ1v) is 7.83. The van der Waals surface area contributed by atoms with Gasteiger partial charge in [0.25, 0.3) is 0 Å². The van der Waals surface area contributed by atoms with E-state index in [0.717, 1.165) is 45.0 Å². The number of hydrogen-bond acceptors (Lipinski definition) is 2. The molecule has 2 heterocycles. The topological polar surface area (TPSA) is 24.0 Å². The van der Waals surface area contributed by atoms with Crippen LogP contribution in [0.4, 0.5) is 8.78 Å². The largest absolute Gasteiger partial charge is 0.330 e. The van der Waals surface area contributed by atoms with Gasteiger partial charge in [-0.05, 0) is 50.2 Å². The summed E-state index contributed by atoms with van der Waals surface area (Å²) in [5, 5.41) is 0. The normalized spacial score (nSPS) is 17.7. The molecule has 0 amide bonds. The number of nitrogens with zero attached hydrogens (tertiary/aromatic N) is 2. The van der Waals surface area contributed by atoms with E-state index >= 15 is 0 Å². The van der Waals surface area contributed by atoms with Crippen molar-refractivity contribution in [3.63, 3.8) is 0 Å². The summed E-state index contributed by atoms with van der Waals surface area (Å²) in [6.45, 7) is 5.21. The Kier molecular flexibility index (Phi) is 4.08. The molecule has 0 unspecified atom stereocenters. The van der Waals surface area contributed by atoms with Gasteiger partial charge in [0.1, 0.15) is 5.52 Å². The number of halogens is 2. The van der Waals surface area contributed by atoms with Crippen molar-refractivity contribution in [2.75, 3.05) is 19.6 Å². The van der Waals surface area contributed by atoms with Crippen molar-refractivity contribution < 1.29 is 8.78 Å². The van der Waals surface area contributed by atoms with Crippen LogP contribution in [0.3, 0.4) is 0 Å². The van der Waals surface area contributed by atoms with Crippen LogP contribution in [-0.4, -0.2) is 34.1 Å². The molecule has 1 aliphatic heterocycles. The van der Waals surface area contributed by atoms with E-state index in [1.54, 1.807) is 10.6 Å². The molecule has 0 radical (unpaired) electrons. The van der Waals surface area contributed by atoms with Gasteiger partial charge in [-0.15, -0.1) is 0 Å². The number of aromatic amines is 1. The number of likely N-dealkylation sites (tertiary alicyclic amines) is 1. The highest BCUT2D eigenvalue weighted by Crippen LogP contribution is 2.29. The fourth-order valence-corrected chi connectivity index (χ4v) is 3.57. The number of fused-ring (bicyclic) bond motifs is 1. The molecule has 0 spiro atoms. The SMILES string of the molecule is CCCN1CCC(n2c(=S)[nH]c3ccc(F)c(F)c32)CC1. The fourth-order valence-electron chi connectivity index (χ4n) is 3.22. The van der Waals surface area contributed by atoms with Crippen LogP contribution in [0.25, 0.3) is 11.0 Å². The van der Waals surface area contributed by atoms with E-state index in [-0.39, 0.29) is 11.6 Å². The van der Waals surface area contributed by atoms with E-state index < -0.39 is 11.6 Å². The summed E-state index contributed by atoms with van der Waals surface area (Å²) < 4.78 is 29.9. The van der Waals surface area contributed by atoms with E-state index in [1.807, 2.05) is 0 Å². The Morgan fingerprint density at radius 1 is 1.29 bits per heavy atom. The van der Waals surface area contributed by atoms with Gasteiger partial charge >= 0.3 is 0 Å². The molecule has 3 rings (SSSR count). The van der Waals surface area contributed by atoms with Gasteiger partial charge in [-0.2, -0.15) is 0 Å². The molecular formula is C15H19F2N3S. The second-order valence-corrected chi connectivity index (χ2v) is 6.02. The lowest BCUT2D eigenvalue weighted by Gasteiger charge is -2.32. The van der Waals surface area contributed by atoms with Gasteiger partial charge in [-0.25, -0.2) is 8.78 Å². The molecule has 1 aromatic heterocycles. The molecular weight excluding hydrogens is 292 g/mol. The van der Waals surface area contributed by atoms with Crippen LogP contribution in [0.5, 0.6) is 0 Å². The molecule has 0 saturated carbocycles. The monoisotopic (exact) mass is 311 g/mol. The Hall–Kier alpha value is -1.27. The third-order valence-electron chi connectivity index (χ3n) is 4.23. The zero-order valence-corrected chi connectivity index (χ0v) is 12.8. The maximum absolute atomic E-state index is 14.2. The van der Waals surface area contributed by atoms with Gasteiger partial charge in [0.15, 0.2) is 16.4 Å². The van der Waals surface area contributed by atoms with E-state index in [0.29, 0.717) is 10.3 Å². The van der Waals surface area contributed by atoms with Crippen molar-refractivity contribution in [1.82, 2.24) is 14.5 Å². The van der Waals surface area contributed by atoms with Gasteiger partial charge in [0.05, 0.1) is 5.52 Å². The molecule has 6 heteroatoms. The summed E-state index contributed by atoms with van der Waals surface area (Å²) in [6.07, 6.45) is 2.96. The summed E-state index contributed by atoms with van der Waals surface area (Å²) in [7, 11) is 0. The lowest BCUT2D eigenvalue weighted by molar-refractivity contribution is 0.187. The number of rotatable bonds is 3. The molecule has 1 N–H and O–H groups in total. The quantitative estimate of drug-likeness (QED) is 0.866. The second kappa shape index (κ2) is 5.85. The van der Waals surface area contributed by atoms with Gasteiger partial charge in [-0.3, -0.25) is 0 Å². The van der Waals surface area contributed by atoms with E-state index in [1.165, 1.54) is 0 Å². The van der Waals surface area contributed by atoms with Crippen LogP contribution in [-0.2, 0) is 0 Å². The molecule has 1 fully saturated rings. The van der Waals surface area contributed by atoms with Crippen molar-refractivity contribution in [3.8, 4) is 0 Å². The Balaban J connectivity index is 1.96. The summed E-state index contributed by atoms with van der Waals surface area (Å²) in [5.74, 6) is -1.63. The maximum Gasteiger partial charge on any atom is 0.184 e. The summed E-state index contributed by atoms with van der Waals surface area (Å²) in [5.41, 5.74) is 0.837. The van der Waals surface area contributed by atoms with Crippen molar-refractivity contribution in [3.05, 3.63) is 28.5 Å². The number of nitrogens with one attached hydrogen (secondary N) is 1. The molecule has 1 aromatic carbocycles. The number of piperidine rings is 1. The van der Waals surface area contributed by atoms with Crippen LogP contribution in [0.1, 0.15) is 32.2 Å². The number of hydrogen-bond donors (Lipinski definition) is 1. The van der Waals surface area contributed by atoms with Crippen LogP contribution in [0, 0.1) is 16.4 Å². The van der Waals surface area contributed by atoms with Crippen LogP contribution < -0.4 is 0 Å². The first-order valence-electron chi connectivity index (χ1n) is 7.42. The summed E-state index contributed by atoms with van der Waals surface area (Å²) in [4.78, 5) is 5.39. The Morgan fingerprint density at radius 3 is 2.67 bits per heavy atom. The highest BCUT2D eigenvalue weighted by Gasteiger charge is 2.24. The smallest absolute Gasteiger partial charge is 0.184 e. The fraction of sp³-hybridized carbons (Fsp3) is 0.533. The van der Waals surface area contributed by atoms with Crippen molar-refractivity contribution in [2.24, 2.45) is 0 Å². The highest BCUT2D eigenvalue weighted by atomic mass is 32.1. The first kappa shape index (κ1) is 14.7. The molecule has 21 heavy (non-hydrogen) atoms. The first-order chi connectivity index (χ1) is 10.1. The molecule has 1 aliphatic rings. The molecule has 0 aliphatic carbocycles. The minimum atomic E-state index is -0.825. The molecule has 114 valence electrons. The van der Waals surface area contributed by atoms with Gasteiger partial charge in [0, 0.05) is 19.1 Å². The molecule has 2 aromatic rings. The highest BCUT2D eigenvalue weighted by molar-refractivity contribution is 7.71. The summed E-state index contributed by atoms with van der Waals surface area (Å²) in [6, 6.07) is 2.82. The van der Waals surface area contributed by atoms with Crippen molar-refractivity contribution in [2.45, 2.75) is 32.2 Å². The second-order valence-electron chi connectivity index (χ2n) is 5.63. The van der Waals surface area contributed by atoms with Crippen molar-refractivity contribution >= 4 is 23.3 Å². The van der Waals surface area contributed by atoms with Gasteiger partial charge in [-0.1, -0.05) is 6.92 Å². The average Bonchev–Trinajstić information content (AvgIpc) is 2.81. The number of H-pyrrole nitrogens is 1. The van der Waals surface area contributed by atoms with Crippen molar-refractivity contribution in [1.29, 1.82) is 0 Å². The Labute approximate surface area is 127 Å². The third kappa shape index (κ3) is 2.62. The van der Waals surface area contributed by atoms with Crippen LogP contribution >= 0.6 is 12.2 Å². The molecule has 0 atom stereocenters. The number of aromatic nitrogens is 2. The maximum atomic E-state index is 14.2. The lowest BCUT2D eigenvalue weighted by atomic mass is 10.0. The van der Waals surface area contributed by atoms with E-state index in [9.17, 15) is 8.78 Å². The average molecular weight is 311 g/mol. The minimum Gasteiger partial charge on any atom is -0.330 e.